The predicted octanol–water partition coefficient (Wildman–Crippen LogP) is 6.54. The van der Waals surface area contributed by atoms with Crippen LogP contribution in [0.3, 0.4) is 0 Å². The Morgan fingerprint density at radius 2 is 1.93 bits per heavy atom. The summed E-state index contributed by atoms with van der Waals surface area (Å²) >= 11 is 6.45. The molecule has 2 aromatic rings. The van der Waals surface area contributed by atoms with Crippen LogP contribution >= 0.6 is 11.6 Å². The molecule has 1 heterocycles. The number of amides is 1. The Balaban J connectivity index is 1.77. The normalized spacial score (nSPS) is 16.9. The van der Waals surface area contributed by atoms with E-state index >= 15 is 0 Å². The van der Waals surface area contributed by atoms with Gasteiger partial charge in [0.15, 0.2) is 6.23 Å². The zero-order valence-electron chi connectivity index (χ0n) is 18.4. The summed E-state index contributed by atoms with van der Waals surface area (Å²) in [5.74, 6) is 0.711. The minimum absolute atomic E-state index is 0.327. The minimum Gasteiger partial charge on any atom is -0.470 e. The van der Waals surface area contributed by atoms with Crippen LogP contribution in [0.15, 0.2) is 42.5 Å². The van der Waals surface area contributed by atoms with Crippen molar-refractivity contribution in [3.63, 3.8) is 0 Å². The van der Waals surface area contributed by atoms with Crippen molar-refractivity contribution in [1.29, 1.82) is 0 Å². The summed E-state index contributed by atoms with van der Waals surface area (Å²) in [4.78, 5) is 16.4. The molecule has 30 heavy (non-hydrogen) atoms. The molecule has 2 aromatic carbocycles. The first-order valence-corrected chi connectivity index (χ1v) is 10.8. The fourth-order valence-electron chi connectivity index (χ4n) is 3.50. The zero-order chi connectivity index (χ0) is 21.9. The number of hydrogen-bond donors (Lipinski definition) is 0. The molecule has 0 aromatic heterocycles. The van der Waals surface area contributed by atoms with Gasteiger partial charge in [0.1, 0.15) is 11.4 Å². The molecule has 5 nitrogen and oxygen atoms in total. The van der Waals surface area contributed by atoms with Crippen LogP contribution in [0, 0.1) is 6.92 Å². The highest BCUT2D eigenvalue weighted by Gasteiger charge is 2.31. The Morgan fingerprint density at radius 1 is 1.17 bits per heavy atom. The van der Waals surface area contributed by atoms with Crippen LogP contribution in [-0.4, -0.2) is 36.4 Å². The Labute approximate surface area is 184 Å². The Kier molecular flexibility index (Phi) is 6.81. The molecule has 0 saturated carbocycles. The van der Waals surface area contributed by atoms with Crippen LogP contribution in [0.5, 0.6) is 5.75 Å². The molecular formula is C24H31ClN2O3. The molecule has 1 fully saturated rings. The van der Waals surface area contributed by atoms with Crippen LogP contribution in [-0.2, 0) is 4.74 Å². The van der Waals surface area contributed by atoms with Gasteiger partial charge in [-0.25, -0.2) is 4.79 Å². The molecule has 1 aliphatic heterocycles. The SMILES string of the molecule is Cc1ccc(N(C)c2cccc(OC3CCCCN3C(=O)OC(C)(C)C)c2)c(Cl)c1. The molecule has 1 atom stereocenters. The molecule has 0 N–H and O–H groups in total. The van der Waals surface area contributed by atoms with E-state index in [0.717, 1.165) is 36.2 Å². The molecule has 0 bridgehead atoms. The van der Waals surface area contributed by atoms with Crippen molar-refractivity contribution in [1.82, 2.24) is 4.90 Å². The first kappa shape index (κ1) is 22.3. The molecule has 162 valence electrons. The van der Waals surface area contributed by atoms with E-state index in [4.69, 9.17) is 21.1 Å². The molecule has 1 saturated heterocycles. The van der Waals surface area contributed by atoms with Crippen molar-refractivity contribution in [2.45, 2.75) is 58.8 Å². The average molecular weight is 431 g/mol. The lowest BCUT2D eigenvalue weighted by molar-refractivity contribution is -0.0341. The fourth-order valence-corrected chi connectivity index (χ4v) is 3.86. The number of hydrogen-bond acceptors (Lipinski definition) is 4. The summed E-state index contributed by atoms with van der Waals surface area (Å²) in [6.07, 6.45) is 2.09. The van der Waals surface area contributed by atoms with E-state index in [1.165, 1.54) is 0 Å². The molecule has 0 spiro atoms. The number of anilines is 2. The lowest BCUT2D eigenvalue weighted by Gasteiger charge is -2.36. The molecule has 3 rings (SSSR count). The van der Waals surface area contributed by atoms with Gasteiger partial charge in [-0.3, -0.25) is 4.90 Å². The smallest absolute Gasteiger partial charge is 0.413 e. The summed E-state index contributed by atoms with van der Waals surface area (Å²) in [7, 11) is 1.98. The maximum Gasteiger partial charge on any atom is 0.413 e. The third-order valence-corrected chi connectivity index (χ3v) is 5.32. The number of ether oxygens (including phenoxy) is 2. The van der Waals surface area contributed by atoms with Gasteiger partial charge in [0.2, 0.25) is 0 Å². The van der Waals surface area contributed by atoms with E-state index in [9.17, 15) is 4.79 Å². The monoisotopic (exact) mass is 430 g/mol. The number of carbonyl (C=O) groups excluding carboxylic acids is 1. The van der Waals surface area contributed by atoms with Crippen molar-refractivity contribution in [2.75, 3.05) is 18.5 Å². The molecule has 1 amide bonds. The van der Waals surface area contributed by atoms with Gasteiger partial charge >= 0.3 is 6.09 Å². The molecule has 1 aliphatic rings. The van der Waals surface area contributed by atoms with Gasteiger partial charge in [-0.2, -0.15) is 0 Å². The number of likely N-dealkylation sites (tertiary alicyclic amines) is 1. The van der Waals surface area contributed by atoms with Crippen molar-refractivity contribution < 1.29 is 14.3 Å². The van der Waals surface area contributed by atoms with E-state index in [1.807, 2.05) is 82.1 Å². The number of aryl methyl sites for hydroxylation is 1. The maximum absolute atomic E-state index is 12.6. The highest BCUT2D eigenvalue weighted by Crippen LogP contribution is 2.33. The van der Waals surface area contributed by atoms with Gasteiger partial charge in [0, 0.05) is 31.8 Å². The predicted molar refractivity (Wildman–Crippen MR) is 122 cm³/mol. The first-order valence-electron chi connectivity index (χ1n) is 10.4. The lowest BCUT2D eigenvalue weighted by atomic mass is 10.1. The van der Waals surface area contributed by atoms with Crippen molar-refractivity contribution in [3.8, 4) is 5.75 Å². The highest BCUT2D eigenvalue weighted by atomic mass is 35.5. The Bertz CT molecular complexity index is 894. The van der Waals surface area contributed by atoms with Crippen LogP contribution in [0.25, 0.3) is 0 Å². The molecular weight excluding hydrogens is 400 g/mol. The van der Waals surface area contributed by atoms with E-state index in [1.54, 1.807) is 4.90 Å². The average Bonchev–Trinajstić information content (AvgIpc) is 2.67. The number of benzene rings is 2. The third-order valence-electron chi connectivity index (χ3n) is 5.02. The quantitative estimate of drug-likeness (QED) is 0.552. The summed E-state index contributed by atoms with van der Waals surface area (Å²) in [5.41, 5.74) is 2.47. The van der Waals surface area contributed by atoms with Gasteiger partial charge < -0.3 is 14.4 Å². The van der Waals surface area contributed by atoms with Crippen LogP contribution in [0.1, 0.15) is 45.6 Å². The standard InChI is InChI=1S/C24H31ClN2O3/c1-17-12-13-21(20(25)15-17)26(5)18-9-8-10-19(16-18)29-22-11-6-7-14-27(22)23(28)30-24(2,3)4/h8-10,12-13,15-16,22H,6-7,11,14H2,1-5H3. The first-order chi connectivity index (χ1) is 14.1. The summed E-state index contributed by atoms with van der Waals surface area (Å²) in [6, 6.07) is 13.8. The largest absolute Gasteiger partial charge is 0.470 e. The van der Waals surface area contributed by atoms with E-state index in [-0.39, 0.29) is 12.3 Å². The van der Waals surface area contributed by atoms with E-state index in [0.29, 0.717) is 17.3 Å². The van der Waals surface area contributed by atoms with Gasteiger partial charge in [0.05, 0.1) is 10.7 Å². The van der Waals surface area contributed by atoms with Gasteiger partial charge in [0.25, 0.3) is 0 Å². The summed E-state index contributed by atoms with van der Waals surface area (Å²) < 4.78 is 11.8. The molecule has 1 unspecified atom stereocenters. The van der Waals surface area contributed by atoms with E-state index < -0.39 is 5.60 Å². The molecule has 6 heteroatoms. The number of piperidine rings is 1. The molecule has 0 aliphatic carbocycles. The number of nitrogens with zero attached hydrogens (tertiary/aromatic N) is 2. The number of halogens is 1. The van der Waals surface area contributed by atoms with Crippen LogP contribution < -0.4 is 9.64 Å². The second kappa shape index (κ2) is 9.17. The molecule has 0 radical (unpaired) electrons. The summed E-state index contributed by atoms with van der Waals surface area (Å²) in [5, 5.41) is 0.701. The topological polar surface area (TPSA) is 42.0 Å². The second-order valence-electron chi connectivity index (χ2n) is 8.75. The van der Waals surface area contributed by atoms with Crippen LogP contribution in [0.2, 0.25) is 5.02 Å². The van der Waals surface area contributed by atoms with Crippen LogP contribution in [0.4, 0.5) is 16.2 Å². The lowest BCUT2D eigenvalue weighted by Crippen LogP contribution is -2.48. The number of carbonyl (C=O) groups is 1. The third kappa shape index (κ3) is 5.60. The zero-order valence-corrected chi connectivity index (χ0v) is 19.2. The minimum atomic E-state index is -0.533. The van der Waals surface area contributed by atoms with Crippen molar-refractivity contribution in [3.05, 3.63) is 53.1 Å². The van der Waals surface area contributed by atoms with Gasteiger partial charge in [-0.1, -0.05) is 23.7 Å². The van der Waals surface area contributed by atoms with Gasteiger partial charge in [-0.05, 0) is 70.4 Å². The maximum atomic E-state index is 12.6. The number of rotatable bonds is 4. The Morgan fingerprint density at radius 3 is 2.63 bits per heavy atom. The second-order valence-corrected chi connectivity index (χ2v) is 9.16. The Hall–Kier alpha value is -2.40. The fraction of sp³-hybridized carbons (Fsp3) is 0.458. The van der Waals surface area contributed by atoms with Crippen molar-refractivity contribution >= 4 is 29.1 Å². The van der Waals surface area contributed by atoms with E-state index in [2.05, 4.69) is 0 Å². The van der Waals surface area contributed by atoms with Gasteiger partial charge in [-0.15, -0.1) is 0 Å². The highest BCUT2D eigenvalue weighted by molar-refractivity contribution is 6.33. The summed E-state index contributed by atoms with van der Waals surface area (Å²) in [6.45, 7) is 8.28. The van der Waals surface area contributed by atoms with Crippen molar-refractivity contribution in [2.24, 2.45) is 0 Å².